The SMILES string of the molecule is Cc1cn([C@H]2C[C@H](OCc3cn(Cc4ccc([Si](C(C)(C)C)C(C)(C)C)cc4)nn3)[C@@H](CO)O2)c(=O)[nH]c1=O. The van der Waals surface area contributed by atoms with Crippen LogP contribution in [0.1, 0.15) is 71.0 Å². The Morgan fingerprint density at radius 1 is 1.10 bits per heavy atom. The zero-order valence-electron chi connectivity index (χ0n) is 23.9. The van der Waals surface area contributed by atoms with Crippen molar-refractivity contribution in [1.29, 1.82) is 0 Å². The number of ether oxygens (including phenoxy) is 2. The average Bonchev–Trinajstić information content (AvgIpc) is 3.46. The quantitative estimate of drug-likeness (QED) is 0.410. The van der Waals surface area contributed by atoms with Gasteiger partial charge in [-0.15, -0.1) is 5.10 Å². The zero-order valence-corrected chi connectivity index (χ0v) is 24.9. The fourth-order valence-electron chi connectivity index (χ4n) is 5.64. The fourth-order valence-corrected chi connectivity index (χ4v) is 10.1. The maximum atomic E-state index is 12.3. The van der Waals surface area contributed by atoms with E-state index in [1.54, 1.807) is 11.6 Å². The van der Waals surface area contributed by atoms with E-state index in [0.29, 0.717) is 24.2 Å². The van der Waals surface area contributed by atoms with E-state index < -0.39 is 38.5 Å². The van der Waals surface area contributed by atoms with Gasteiger partial charge in [-0.2, -0.15) is 0 Å². The summed E-state index contributed by atoms with van der Waals surface area (Å²) in [5.41, 5.74) is 1.22. The third kappa shape index (κ3) is 6.83. The molecule has 1 saturated heterocycles. The molecule has 0 saturated carbocycles. The second-order valence-electron chi connectivity index (χ2n) is 12.4. The zero-order chi connectivity index (χ0) is 28.5. The highest BCUT2D eigenvalue weighted by Gasteiger charge is 2.38. The van der Waals surface area contributed by atoms with Crippen molar-refractivity contribution in [3.05, 3.63) is 74.3 Å². The molecule has 211 valence electrons. The molecule has 3 atom stereocenters. The molecule has 3 aromatic rings. The number of aryl methyl sites for hydroxylation is 1. The Morgan fingerprint density at radius 2 is 1.77 bits per heavy atom. The van der Waals surface area contributed by atoms with Crippen LogP contribution in [0, 0.1) is 6.92 Å². The van der Waals surface area contributed by atoms with E-state index in [2.05, 4.69) is 81.1 Å². The van der Waals surface area contributed by atoms with Gasteiger partial charge in [0.05, 0.1) is 40.9 Å². The van der Waals surface area contributed by atoms with Crippen LogP contribution < -0.4 is 16.4 Å². The fraction of sp³-hybridized carbons (Fsp3) is 0.571. The van der Waals surface area contributed by atoms with Crippen molar-refractivity contribution in [1.82, 2.24) is 24.5 Å². The van der Waals surface area contributed by atoms with E-state index in [1.165, 1.54) is 16.0 Å². The molecule has 0 spiro atoms. The predicted octanol–water partition coefficient (Wildman–Crippen LogP) is 2.65. The summed E-state index contributed by atoms with van der Waals surface area (Å²) in [6, 6.07) is 8.89. The molecular formula is C28H40N5O5Si. The van der Waals surface area contributed by atoms with E-state index in [-0.39, 0.29) is 23.3 Å². The third-order valence-corrected chi connectivity index (χ3v) is 10.8. The van der Waals surface area contributed by atoms with E-state index in [0.717, 1.165) is 5.56 Å². The molecule has 0 amide bonds. The molecule has 1 aliphatic rings. The van der Waals surface area contributed by atoms with Crippen LogP contribution in [0.25, 0.3) is 0 Å². The number of hydrogen-bond donors (Lipinski definition) is 2. The molecule has 1 fully saturated rings. The molecule has 4 rings (SSSR count). The lowest BCUT2D eigenvalue weighted by Gasteiger charge is -2.39. The number of nitrogens with one attached hydrogen (secondary N) is 1. The summed E-state index contributed by atoms with van der Waals surface area (Å²) in [5, 5.41) is 20.2. The van der Waals surface area contributed by atoms with E-state index in [9.17, 15) is 14.7 Å². The Morgan fingerprint density at radius 3 is 2.38 bits per heavy atom. The first-order chi connectivity index (χ1) is 18.3. The van der Waals surface area contributed by atoms with Crippen molar-refractivity contribution in [2.24, 2.45) is 0 Å². The normalized spacial score (nSPS) is 20.2. The second kappa shape index (κ2) is 11.3. The van der Waals surface area contributed by atoms with Crippen molar-refractivity contribution in [3.8, 4) is 0 Å². The van der Waals surface area contributed by atoms with Gasteiger partial charge in [-0.25, -0.2) is 9.48 Å². The summed E-state index contributed by atoms with van der Waals surface area (Å²) >= 11 is 0. The van der Waals surface area contributed by atoms with Crippen molar-refractivity contribution in [3.63, 3.8) is 0 Å². The van der Waals surface area contributed by atoms with Gasteiger partial charge in [0, 0.05) is 18.2 Å². The molecule has 39 heavy (non-hydrogen) atoms. The molecule has 1 aliphatic heterocycles. The molecule has 0 aliphatic carbocycles. The third-order valence-electron chi connectivity index (χ3n) is 6.94. The van der Waals surface area contributed by atoms with Gasteiger partial charge in [0.2, 0.25) is 0 Å². The van der Waals surface area contributed by atoms with Crippen molar-refractivity contribution < 1.29 is 14.6 Å². The topological polar surface area (TPSA) is 124 Å². The number of aliphatic hydroxyl groups excluding tert-OH is 1. The Hall–Kier alpha value is -2.86. The minimum absolute atomic E-state index is 0.193. The number of aliphatic hydroxyl groups is 1. The lowest BCUT2D eigenvalue weighted by molar-refractivity contribution is -0.0662. The van der Waals surface area contributed by atoms with Crippen LogP contribution in [0.3, 0.4) is 0 Å². The monoisotopic (exact) mass is 554 g/mol. The van der Waals surface area contributed by atoms with Crippen LogP contribution in [0.5, 0.6) is 0 Å². The molecule has 2 aromatic heterocycles. The average molecular weight is 555 g/mol. The minimum atomic E-state index is -0.801. The summed E-state index contributed by atoms with van der Waals surface area (Å²) in [5.74, 6) is 0. The highest BCUT2D eigenvalue weighted by Crippen LogP contribution is 2.41. The molecule has 10 nitrogen and oxygen atoms in total. The highest BCUT2D eigenvalue weighted by molar-refractivity contribution is 6.78. The van der Waals surface area contributed by atoms with E-state index in [1.807, 2.05) is 6.20 Å². The van der Waals surface area contributed by atoms with Gasteiger partial charge in [-0.1, -0.05) is 76.2 Å². The minimum Gasteiger partial charge on any atom is -0.394 e. The van der Waals surface area contributed by atoms with Crippen LogP contribution in [-0.2, 0) is 22.6 Å². The number of benzene rings is 1. The van der Waals surface area contributed by atoms with Crippen LogP contribution >= 0.6 is 0 Å². The number of rotatable bonds is 8. The standard InChI is InChI=1S/C28H40N5O5Si/c1-18-13-33(26(36)29-25(18)35)24-12-22(23(16-34)38-24)37-17-20-15-32(31-30-20)14-19-8-10-21(11-9-19)39(27(2,3)4)28(5,6)7/h8-11,13,15,22-24,34H,12,14,16-17H2,1-7H3,(H,29,35,36)/t22-,23+,24+/m0/s1. The first kappa shape index (κ1) is 29.1. The number of hydrogen-bond acceptors (Lipinski definition) is 7. The predicted molar refractivity (Wildman–Crippen MR) is 151 cm³/mol. The highest BCUT2D eigenvalue weighted by atomic mass is 28.3. The Kier molecular flexibility index (Phi) is 8.46. The molecule has 1 radical (unpaired) electrons. The smallest absolute Gasteiger partial charge is 0.330 e. The van der Waals surface area contributed by atoms with Gasteiger partial charge in [-0.3, -0.25) is 14.3 Å². The molecule has 11 heteroatoms. The van der Waals surface area contributed by atoms with Gasteiger partial charge in [-0.05, 0) is 22.6 Å². The Labute approximate surface area is 230 Å². The van der Waals surface area contributed by atoms with Gasteiger partial charge in [0.1, 0.15) is 18.0 Å². The van der Waals surface area contributed by atoms with Gasteiger partial charge >= 0.3 is 5.69 Å². The maximum absolute atomic E-state index is 12.3. The Bertz CT molecular complexity index is 1370. The molecular weight excluding hydrogens is 514 g/mol. The summed E-state index contributed by atoms with van der Waals surface area (Å²) in [7, 11) is -0.801. The van der Waals surface area contributed by atoms with E-state index >= 15 is 0 Å². The van der Waals surface area contributed by atoms with Crippen molar-refractivity contribution in [2.75, 3.05) is 6.61 Å². The van der Waals surface area contributed by atoms with Crippen LogP contribution in [0.4, 0.5) is 0 Å². The lowest BCUT2D eigenvalue weighted by atomic mass is 10.2. The number of aromatic nitrogens is 5. The molecule has 1 aromatic carbocycles. The van der Waals surface area contributed by atoms with Crippen molar-refractivity contribution in [2.45, 2.75) is 96.6 Å². The maximum Gasteiger partial charge on any atom is 0.330 e. The lowest BCUT2D eigenvalue weighted by Crippen LogP contribution is -2.45. The molecule has 3 heterocycles. The van der Waals surface area contributed by atoms with Crippen LogP contribution in [0.15, 0.2) is 46.2 Å². The number of H-pyrrole nitrogens is 1. The first-order valence-corrected chi connectivity index (χ1v) is 14.8. The van der Waals surface area contributed by atoms with Gasteiger partial charge in [0.15, 0.2) is 0 Å². The largest absolute Gasteiger partial charge is 0.394 e. The second-order valence-corrected chi connectivity index (χ2v) is 16.7. The summed E-state index contributed by atoms with van der Waals surface area (Å²) in [6.07, 6.45) is 1.98. The van der Waals surface area contributed by atoms with Gasteiger partial charge < -0.3 is 14.6 Å². The van der Waals surface area contributed by atoms with Crippen LogP contribution in [-0.4, -0.2) is 57.3 Å². The Balaban J connectivity index is 1.37. The number of aromatic amines is 1. The first-order valence-electron chi connectivity index (χ1n) is 13.3. The number of nitrogens with zero attached hydrogens (tertiary/aromatic N) is 4. The summed E-state index contributed by atoms with van der Waals surface area (Å²) < 4.78 is 15.0. The summed E-state index contributed by atoms with van der Waals surface area (Å²) in [4.78, 5) is 26.2. The van der Waals surface area contributed by atoms with Crippen molar-refractivity contribution >= 4 is 14.0 Å². The van der Waals surface area contributed by atoms with Gasteiger partial charge in [0.25, 0.3) is 5.56 Å². The summed E-state index contributed by atoms with van der Waals surface area (Å²) in [6.45, 7) is 16.2. The van der Waals surface area contributed by atoms with E-state index in [4.69, 9.17) is 9.47 Å². The molecule has 0 bridgehead atoms. The molecule has 2 N–H and O–H groups in total. The van der Waals surface area contributed by atoms with Crippen LogP contribution in [0.2, 0.25) is 10.1 Å². The molecule has 0 unspecified atom stereocenters.